The lowest BCUT2D eigenvalue weighted by Crippen LogP contribution is -2.52. The van der Waals surface area contributed by atoms with Crippen LogP contribution in [0.15, 0.2) is 30.5 Å². The first-order valence-corrected chi connectivity index (χ1v) is 11.0. The Kier molecular flexibility index (Phi) is 5.62. The second-order valence-corrected chi connectivity index (χ2v) is 8.47. The minimum absolute atomic E-state index is 0.0317. The molecule has 5 rings (SSSR count). The molecule has 2 aliphatic rings. The fourth-order valence-electron chi connectivity index (χ4n) is 4.47. The average molecular weight is 472 g/mol. The van der Waals surface area contributed by atoms with Crippen LogP contribution >= 0.6 is 0 Å². The predicted molar refractivity (Wildman–Crippen MR) is 120 cm³/mol. The maximum atomic E-state index is 14.7. The SMILES string of the molecule is Cc1nc(NC(C)c2cccc(C(F)F)c2F)c2cc(N3CCN4C(=O)OCC4C3)ncc2n1. The zero-order chi connectivity index (χ0) is 24.0. The summed E-state index contributed by atoms with van der Waals surface area (Å²) in [5, 5.41) is 3.84. The van der Waals surface area contributed by atoms with Gasteiger partial charge in [0.05, 0.1) is 29.4 Å². The van der Waals surface area contributed by atoms with E-state index in [0.29, 0.717) is 54.6 Å². The van der Waals surface area contributed by atoms with Crippen molar-refractivity contribution in [1.82, 2.24) is 19.9 Å². The summed E-state index contributed by atoms with van der Waals surface area (Å²) in [5.41, 5.74) is 0.0964. The van der Waals surface area contributed by atoms with Crippen LogP contribution in [0.4, 0.5) is 29.6 Å². The van der Waals surface area contributed by atoms with Crippen LogP contribution in [0.5, 0.6) is 0 Å². The third-order valence-corrected chi connectivity index (χ3v) is 6.23. The summed E-state index contributed by atoms with van der Waals surface area (Å²) in [5.74, 6) is 0.717. The lowest BCUT2D eigenvalue weighted by atomic mass is 10.0. The predicted octanol–water partition coefficient (Wildman–Crippen LogP) is 4.22. The number of cyclic esters (lactones) is 1. The van der Waals surface area contributed by atoms with Crippen molar-refractivity contribution in [2.24, 2.45) is 0 Å². The highest BCUT2D eigenvalue weighted by atomic mass is 19.3. The molecular weight excluding hydrogens is 449 g/mol. The molecule has 2 unspecified atom stereocenters. The van der Waals surface area contributed by atoms with Gasteiger partial charge in [-0.05, 0) is 19.9 Å². The molecule has 0 spiro atoms. The molecule has 2 fully saturated rings. The Balaban J connectivity index is 1.46. The molecule has 2 aromatic heterocycles. The number of carbonyl (C=O) groups excluding carboxylic acids is 1. The molecule has 2 aliphatic heterocycles. The number of hydrogen-bond donors (Lipinski definition) is 1. The van der Waals surface area contributed by atoms with Crippen LogP contribution < -0.4 is 10.2 Å². The summed E-state index contributed by atoms with van der Waals surface area (Å²) < 4.78 is 46.2. The molecule has 0 saturated carbocycles. The maximum Gasteiger partial charge on any atom is 0.410 e. The molecule has 1 amide bonds. The number of anilines is 2. The molecule has 0 radical (unpaired) electrons. The Labute approximate surface area is 193 Å². The topological polar surface area (TPSA) is 83.5 Å². The lowest BCUT2D eigenvalue weighted by molar-refractivity contribution is 0.146. The smallest absolute Gasteiger partial charge is 0.410 e. The highest BCUT2D eigenvalue weighted by Gasteiger charge is 2.37. The van der Waals surface area contributed by atoms with E-state index in [1.54, 1.807) is 24.9 Å². The number of aromatic nitrogens is 3. The first-order chi connectivity index (χ1) is 16.3. The summed E-state index contributed by atoms with van der Waals surface area (Å²) in [4.78, 5) is 29.1. The van der Waals surface area contributed by atoms with Gasteiger partial charge in [-0.3, -0.25) is 4.90 Å². The molecule has 11 heteroatoms. The van der Waals surface area contributed by atoms with Crippen LogP contribution in [0, 0.1) is 12.7 Å². The Bertz CT molecular complexity index is 1260. The molecule has 2 atom stereocenters. The number of halogens is 3. The normalized spacial score (nSPS) is 18.9. The van der Waals surface area contributed by atoms with Gasteiger partial charge in [0.1, 0.15) is 29.9 Å². The number of piperazine rings is 1. The van der Waals surface area contributed by atoms with E-state index in [0.717, 1.165) is 6.07 Å². The van der Waals surface area contributed by atoms with Crippen molar-refractivity contribution in [2.75, 3.05) is 36.5 Å². The van der Waals surface area contributed by atoms with Gasteiger partial charge in [-0.1, -0.05) is 18.2 Å². The van der Waals surface area contributed by atoms with Crippen molar-refractivity contribution >= 4 is 28.6 Å². The van der Waals surface area contributed by atoms with Crippen molar-refractivity contribution in [3.05, 3.63) is 53.2 Å². The number of alkyl halides is 2. The molecule has 2 saturated heterocycles. The second-order valence-electron chi connectivity index (χ2n) is 8.47. The average Bonchev–Trinajstić information content (AvgIpc) is 3.18. The van der Waals surface area contributed by atoms with Gasteiger partial charge in [0.2, 0.25) is 0 Å². The lowest BCUT2D eigenvalue weighted by Gasteiger charge is -2.36. The van der Waals surface area contributed by atoms with Gasteiger partial charge in [-0.15, -0.1) is 0 Å². The molecule has 34 heavy (non-hydrogen) atoms. The minimum Gasteiger partial charge on any atom is -0.447 e. The number of nitrogens with zero attached hydrogens (tertiary/aromatic N) is 5. The highest BCUT2D eigenvalue weighted by molar-refractivity contribution is 5.90. The number of fused-ring (bicyclic) bond motifs is 2. The van der Waals surface area contributed by atoms with Crippen molar-refractivity contribution in [3.63, 3.8) is 0 Å². The number of ether oxygens (including phenoxy) is 1. The van der Waals surface area contributed by atoms with E-state index in [9.17, 15) is 18.0 Å². The molecule has 0 bridgehead atoms. The van der Waals surface area contributed by atoms with Gasteiger partial charge in [0, 0.05) is 30.6 Å². The minimum atomic E-state index is -2.90. The Morgan fingerprint density at radius 1 is 1.21 bits per heavy atom. The van der Waals surface area contributed by atoms with Gasteiger partial charge >= 0.3 is 6.09 Å². The van der Waals surface area contributed by atoms with Crippen LogP contribution in [-0.4, -0.2) is 58.2 Å². The van der Waals surface area contributed by atoms with Gasteiger partial charge in [0.15, 0.2) is 0 Å². The number of pyridine rings is 1. The number of carbonyl (C=O) groups is 1. The third kappa shape index (κ3) is 3.95. The van der Waals surface area contributed by atoms with Crippen molar-refractivity contribution in [1.29, 1.82) is 0 Å². The summed E-state index contributed by atoms with van der Waals surface area (Å²) in [6, 6.07) is 5.17. The van der Waals surface area contributed by atoms with Crippen molar-refractivity contribution in [2.45, 2.75) is 32.4 Å². The monoisotopic (exact) mass is 472 g/mol. The fraction of sp³-hybridized carbons (Fsp3) is 0.391. The molecule has 4 heterocycles. The third-order valence-electron chi connectivity index (χ3n) is 6.23. The first kappa shape index (κ1) is 22.2. The number of hydrogen-bond acceptors (Lipinski definition) is 7. The van der Waals surface area contributed by atoms with E-state index in [1.165, 1.54) is 12.1 Å². The van der Waals surface area contributed by atoms with Gasteiger partial charge in [-0.25, -0.2) is 32.9 Å². The summed E-state index contributed by atoms with van der Waals surface area (Å²) in [6.45, 7) is 5.49. The largest absolute Gasteiger partial charge is 0.447 e. The Morgan fingerprint density at radius 3 is 2.79 bits per heavy atom. The van der Waals surface area contributed by atoms with Crippen LogP contribution in [0.3, 0.4) is 0 Å². The number of nitrogens with one attached hydrogen (secondary N) is 1. The molecular formula is C23H23F3N6O2. The zero-order valence-corrected chi connectivity index (χ0v) is 18.6. The Morgan fingerprint density at radius 2 is 2.00 bits per heavy atom. The standard InChI is InChI=1S/C23H23F3N6O2/c1-12(15-4-3-5-16(20(15)24)21(25)26)28-22-17-8-19(27-9-18(17)29-13(2)30-22)31-6-7-32-14(10-31)11-34-23(32)33/h3-5,8-9,12,14,21H,6-7,10-11H2,1-2H3,(H,28,29,30). The highest BCUT2D eigenvalue weighted by Crippen LogP contribution is 2.31. The van der Waals surface area contributed by atoms with Gasteiger partial charge in [0.25, 0.3) is 6.43 Å². The van der Waals surface area contributed by atoms with Crippen LogP contribution in [0.2, 0.25) is 0 Å². The summed E-state index contributed by atoms with van der Waals surface area (Å²) >= 11 is 0. The molecule has 1 aromatic carbocycles. The first-order valence-electron chi connectivity index (χ1n) is 11.0. The van der Waals surface area contributed by atoms with Crippen molar-refractivity contribution < 1.29 is 22.7 Å². The quantitative estimate of drug-likeness (QED) is 0.595. The van der Waals surface area contributed by atoms with E-state index in [4.69, 9.17) is 4.74 Å². The molecule has 3 aromatic rings. The molecule has 8 nitrogen and oxygen atoms in total. The summed E-state index contributed by atoms with van der Waals surface area (Å²) in [7, 11) is 0. The van der Waals surface area contributed by atoms with Crippen LogP contribution in [0.1, 0.15) is 36.3 Å². The summed E-state index contributed by atoms with van der Waals surface area (Å²) in [6.07, 6.45) is -1.54. The van der Waals surface area contributed by atoms with E-state index in [1.807, 2.05) is 6.07 Å². The van der Waals surface area contributed by atoms with Crippen LogP contribution in [-0.2, 0) is 4.74 Å². The van der Waals surface area contributed by atoms with E-state index in [-0.39, 0.29) is 17.7 Å². The van der Waals surface area contributed by atoms with Gasteiger partial charge in [-0.2, -0.15) is 0 Å². The zero-order valence-electron chi connectivity index (χ0n) is 18.6. The Hall–Kier alpha value is -3.63. The molecule has 178 valence electrons. The number of aryl methyl sites for hydroxylation is 1. The number of amides is 1. The molecule has 0 aliphatic carbocycles. The van der Waals surface area contributed by atoms with E-state index in [2.05, 4.69) is 25.2 Å². The van der Waals surface area contributed by atoms with E-state index < -0.39 is 23.8 Å². The van der Waals surface area contributed by atoms with Crippen molar-refractivity contribution in [3.8, 4) is 0 Å². The number of rotatable bonds is 5. The van der Waals surface area contributed by atoms with Gasteiger partial charge < -0.3 is 15.0 Å². The second kappa shape index (κ2) is 8.62. The van der Waals surface area contributed by atoms with Crippen LogP contribution in [0.25, 0.3) is 10.9 Å². The molecule has 1 N–H and O–H groups in total. The maximum absolute atomic E-state index is 14.7. The fourth-order valence-corrected chi connectivity index (χ4v) is 4.47. The number of benzene rings is 1. The van der Waals surface area contributed by atoms with E-state index >= 15 is 0 Å².